The lowest BCUT2D eigenvalue weighted by Gasteiger charge is -2.12. The molecule has 0 heterocycles. The Balaban J connectivity index is 1.57. The third-order valence-corrected chi connectivity index (χ3v) is 4.12. The smallest absolute Gasteiger partial charge is 0.262 e. The van der Waals surface area contributed by atoms with Gasteiger partial charge < -0.3 is 15.4 Å². The van der Waals surface area contributed by atoms with Crippen molar-refractivity contribution in [2.24, 2.45) is 0 Å². The highest BCUT2D eigenvalue weighted by atomic mass is 16.5. The molecule has 0 fully saturated rings. The fraction of sp³-hybridized carbons (Fsp3) is 0.130. The molecule has 0 saturated heterocycles. The van der Waals surface area contributed by atoms with Gasteiger partial charge in [0.05, 0.1) is 5.56 Å². The molecule has 2 amide bonds. The van der Waals surface area contributed by atoms with Crippen molar-refractivity contribution in [1.29, 1.82) is 0 Å². The predicted octanol–water partition coefficient (Wildman–Crippen LogP) is 3.94. The first kappa shape index (κ1) is 19.2. The van der Waals surface area contributed by atoms with E-state index < -0.39 is 0 Å². The maximum Gasteiger partial charge on any atom is 0.262 e. The van der Waals surface area contributed by atoms with Gasteiger partial charge in [-0.05, 0) is 36.8 Å². The van der Waals surface area contributed by atoms with Crippen LogP contribution in [0.4, 0.5) is 5.69 Å². The third-order valence-electron chi connectivity index (χ3n) is 4.12. The van der Waals surface area contributed by atoms with Gasteiger partial charge in [-0.15, -0.1) is 0 Å². The second-order valence-corrected chi connectivity index (χ2v) is 6.37. The van der Waals surface area contributed by atoms with E-state index in [1.807, 2.05) is 61.5 Å². The van der Waals surface area contributed by atoms with Gasteiger partial charge in [-0.1, -0.05) is 60.2 Å². The number of benzene rings is 3. The highest BCUT2D eigenvalue weighted by Crippen LogP contribution is 2.18. The van der Waals surface area contributed by atoms with Gasteiger partial charge >= 0.3 is 0 Å². The average molecular weight is 374 g/mol. The summed E-state index contributed by atoms with van der Waals surface area (Å²) in [4.78, 5) is 24.6. The van der Waals surface area contributed by atoms with Crippen molar-refractivity contribution in [1.82, 2.24) is 5.32 Å². The summed E-state index contributed by atoms with van der Waals surface area (Å²) in [7, 11) is 0. The normalized spacial score (nSPS) is 10.2. The molecular formula is C23H22N2O3. The molecule has 3 aromatic carbocycles. The minimum Gasteiger partial charge on any atom is -0.483 e. The Bertz CT molecular complexity index is 938. The van der Waals surface area contributed by atoms with Gasteiger partial charge in [0, 0.05) is 12.2 Å². The van der Waals surface area contributed by atoms with E-state index >= 15 is 0 Å². The number of hydrogen-bond donors (Lipinski definition) is 2. The van der Waals surface area contributed by atoms with E-state index in [-0.39, 0.29) is 18.4 Å². The number of carbonyl (C=O) groups is 2. The Morgan fingerprint density at radius 1 is 0.857 bits per heavy atom. The van der Waals surface area contributed by atoms with E-state index in [0.717, 1.165) is 11.1 Å². The van der Waals surface area contributed by atoms with Crippen molar-refractivity contribution in [3.05, 3.63) is 95.6 Å². The average Bonchev–Trinajstić information content (AvgIpc) is 2.73. The van der Waals surface area contributed by atoms with Crippen LogP contribution in [0, 0.1) is 6.92 Å². The highest BCUT2D eigenvalue weighted by Gasteiger charge is 2.13. The molecule has 5 heteroatoms. The van der Waals surface area contributed by atoms with Crippen molar-refractivity contribution in [3.63, 3.8) is 0 Å². The molecule has 28 heavy (non-hydrogen) atoms. The minimum atomic E-state index is -0.289. The molecule has 3 aromatic rings. The van der Waals surface area contributed by atoms with Gasteiger partial charge in [-0.3, -0.25) is 9.59 Å². The van der Waals surface area contributed by atoms with Gasteiger partial charge in [0.15, 0.2) is 6.61 Å². The molecule has 0 spiro atoms. The first-order valence-electron chi connectivity index (χ1n) is 9.02. The van der Waals surface area contributed by atoms with Crippen LogP contribution in [0.2, 0.25) is 0 Å². The Morgan fingerprint density at radius 3 is 2.29 bits per heavy atom. The number of carbonyl (C=O) groups excluding carboxylic acids is 2. The van der Waals surface area contributed by atoms with Crippen LogP contribution in [-0.2, 0) is 11.3 Å². The van der Waals surface area contributed by atoms with Crippen LogP contribution in [0.15, 0.2) is 78.9 Å². The number of hydrogen-bond acceptors (Lipinski definition) is 3. The van der Waals surface area contributed by atoms with Crippen LogP contribution in [0.25, 0.3) is 0 Å². The molecule has 0 bridgehead atoms. The second kappa shape index (κ2) is 9.37. The molecule has 0 aliphatic rings. The molecule has 0 unspecified atom stereocenters. The number of anilines is 1. The van der Waals surface area contributed by atoms with Gasteiger partial charge in [-0.25, -0.2) is 0 Å². The van der Waals surface area contributed by atoms with Gasteiger partial charge in [-0.2, -0.15) is 0 Å². The number of ether oxygens (including phenoxy) is 1. The van der Waals surface area contributed by atoms with E-state index in [2.05, 4.69) is 10.6 Å². The number of para-hydroxylation sites is 1. The van der Waals surface area contributed by atoms with E-state index in [0.29, 0.717) is 23.5 Å². The van der Waals surface area contributed by atoms with Crippen LogP contribution < -0.4 is 15.4 Å². The summed E-state index contributed by atoms with van der Waals surface area (Å²) in [6.07, 6.45) is 0. The van der Waals surface area contributed by atoms with Crippen molar-refractivity contribution in [3.8, 4) is 5.75 Å². The van der Waals surface area contributed by atoms with Crippen LogP contribution in [0.1, 0.15) is 21.5 Å². The van der Waals surface area contributed by atoms with E-state index in [4.69, 9.17) is 4.74 Å². The van der Waals surface area contributed by atoms with E-state index in [1.54, 1.807) is 24.3 Å². The number of aryl methyl sites for hydroxylation is 1. The van der Waals surface area contributed by atoms with Crippen molar-refractivity contribution in [2.75, 3.05) is 11.9 Å². The quantitative estimate of drug-likeness (QED) is 0.658. The zero-order chi connectivity index (χ0) is 19.8. The topological polar surface area (TPSA) is 67.4 Å². The lowest BCUT2D eigenvalue weighted by Crippen LogP contribution is -2.25. The Kier molecular flexibility index (Phi) is 6.41. The molecule has 5 nitrogen and oxygen atoms in total. The maximum absolute atomic E-state index is 12.5. The summed E-state index contributed by atoms with van der Waals surface area (Å²) in [5.41, 5.74) is 3.21. The molecule has 0 aliphatic carbocycles. The zero-order valence-corrected chi connectivity index (χ0v) is 15.6. The first-order chi connectivity index (χ1) is 13.6. The largest absolute Gasteiger partial charge is 0.483 e. The minimum absolute atomic E-state index is 0.184. The molecule has 2 N–H and O–H groups in total. The Labute approximate surface area is 164 Å². The Morgan fingerprint density at radius 2 is 1.54 bits per heavy atom. The Hall–Kier alpha value is -3.60. The standard InChI is InChI=1S/C23H22N2O3/c1-17-11-13-19(14-12-17)25-22(26)16-28-21-10-6-5-9-20(21)23(27)24-15-18-7-3-2-4-8-18/h2-14H,15-16H2,1H3,(H,24,27)(H,25,26). The fourth-order valence-electron chi connectivity index (χ4n) is 2.63. The highest BCUT2D eigenvalue weighted by molar-refractivity contribution is 5.97. The summed E-state index contributed by atoms with van der Waals surface area (Å²) in [5.74, 6) is -0.172. The summed E-state index contributed by atoms with van der Waals surface area (Å²) in [6, 6.07) is 24.0. The van der Waals surface area contributed by atoms with Crippen LogP contribution in [0.5, 0.6) is 5.75 Å². The summed E-state index contributed by atoms with van der Waals surface area (Å²) < 4.78 is 5.60. The molecule has 0 saturated carbocycles. The lowest BCUT2D eigenvalue weighted by atomic mass is 10.1. The molecular weight excluding hydrogens is 352 g/mol. The number of amides is 2. The fourth-order valence-corrected chi connectivity index (χ4v) is 2.63. The monoisotopic (exact) mass is 374 g/mol. The summed E-state index contributed by atoms with van der Waals surface area (Å²) >= 11 is 0. The molecule has 0 radical (unpaired) electrons. The predicted molar refractivity (Wildman–Crippen MR) is 109 cm³/mol. The number of nitrogens with one attached hydrogen (secondary N) is 2. The zero-order valence-electron chi connectivity index (χ0n) is 15.6. The summed E-state index contributed by atoms with van der Waals surface area (Å²) in [6.45, 7) is 2.22. The van der Waals surface area contributed by atoms with E-state index in [1.165, 1.54) is 0 Å². The van der Waals surface area contributed by atoms with Crippen molar-refractivity contribution in [2.45, 2.75) is 13.5 Å². The lowest BCUT2D eigenvalue weighted by molar-refractivity contribution is -0.118. The van der Waals surface area contributed by atoms with E-state index in [9.17, 15) is 9.59 Å². The molecule has 0 aliphatic heterocycles. The van der Waals surface area contributed by atoms with Gasteiger partial charge in [0.2, 0.25) is 0 Å². The molecule has 0 aromatic heterocycles. The molecule has 0 atom stereocenters. The van der Waals surface area contributed by atoms with Crippen molar-refractivity contribution >= 4 is 17.5 Å². The van der Waals surface area contributed by atoms with Gasteiger partial charge in [0.1, 0.15) is 5.75 Å². The SMILES string of the molecule is Cc1ccc(NC(=O)COc2ccccc2C(=O)NCc2ccccc2)cc1. The third kappa shape index (κ3) is 5.45. The molecule has 3 rings (SSSR count). The second-order valence-electron chi connectivity index (χ2n) is 6.37. The summed E-state index contributed by atoms with van der Waals surface area (Å²) in [5, 5.41) is 5.64. The maximum atomic E-state index is 12.5. The van der Waals surface area contributed by atoms with Crippen LogP contribution in [0.3, 0.4) is 0 Å². The number of rotatable bonds is 7. The first-order valence-corrected chi connectivity index (χ1v) is 9.02. The van der Waals surface area contributed by atoms with Crippen LogP contribution in [-0.4, -0.2) is 18.4 Å². The van der Waals surface area contributed by atoms with Crippen LogP contribution >= 0.6 is 0 Å². The van der Waals surface area contributed by atoms with Crippen molar-refractivity contribution < 1.29 is 14.3 Å². The molecule has 142 valence electrons. The van der Waals surface area contributed by atoms with Gasteiger partial charge in [0.25, 0.3) is 11.8 Å².